The topological polar surface area (TPSA) is 12.9 Å². The van der Waals surface area contributed by atoms with Crippen LogP contribution < -0.4 is 0 Å². The maximum absolute atomic E-state index is 4.42. The lowest BCUT2D eigenvalue weighted by atomic mass is 9.87. The molecular weight excluding hydrogens is 182 g/mol. The Labute approximate surface area is 91.6 Å². The number of hydrogen-bond donors (Lipinski definition) is 0. The van der Waals surface area contributed by atoms with E-state index in [-0.39, 0.29) is 5.41 Å². The maximum atomic E-state index is 4.42. The Balaban J connectivity index is 2.39. The third kappa shape index (κ3) is 2.17. The molecule has 1 aromatic rings. The van der Waals surface area contributed by atoms with Gasteiger partial charge in [-0.3, -0.25) is 4.98 Å². The second-order valence-electron chi connectivity index (χ2n) is 4.98. The summed E-state index contributed by atoms with van der Waals surface area (Å²) in [7, 11) is 0. The zero-order valence-electron chi connectivity index (χ0n) is 9.62. The molecule has 0 bridgehead atoms. The molecule has 0 N–H and O–H groups in total. The summed E-state index contributed by atoms with van der Waals surface area (Å²) in [5, 5.41) is 0. The molecule has 0 fully saturated rings. The van der Waals surface area contributed by atoms with Crippen molar-refractivity contribution in [2.45, 2.75) is 32.6 Å². The van der Waals surface area contributed by atoms with E-state index in [4.69, 9.17) is 0 Å². The second-order valence-corrected chi connectivity index (χ2v) is 4.98. The Morgan fingerprint density at radius 2 is 2.07 bits per heavy atom. The van der Waals surface area contributed by atoms with Crippen LogP contribution in [0.5, 0.6) is 0 Å². The first kappa shape index (κ1) is 10.2. The zero-order valence-corrected chi connectivity index (χ0v) is 9.62. The van der Waals surface area contributed by atoms with Crippen LogP contribution in [0.4, 0.5) is 0 Å². The third-order valence-electron chi connectivity index (χ3n) is 2.69. The monoisotopic (exact) mass is 199 g/mol. The van der Waals surface area contributed by atoms with E-state index in [1.165, 1.54) is 11.1 Å². The molecule has 1 aliphatic carbocycles. The van der Waals surface area contributed by atoms with Crippen molar-refractivity contribution in [1.29, 1.82) is 0 Å². The van der Waals surface area contributed by atoms with Gasteiger partial charge in [-0.15, -0.1) is 0 Å². The lowest BCUT2D eigenvalue weighted by Gasteiger charge is -2.19. The molecule has 1 heteroatoms. The van der Waals surface area contributed by atoms with Gasteiger partial charge in [0.05, 0.1) is 5.69 Å². The molecule has 1 aromatic heterocycles. The molecule has 0 aromatic carbocycles. The van der Waals surface area contributed by atoms with Gasteiger partial charge in [0.1, 0.15) is 0 Å². The normalized spacial score (nSPS) is 15.5. The van der Waals surface area contributed by atoms with E-state index < -0.39 is 0 Å². The van der Waals surface area contributed by atoms with E-state index in [0.717, 1.165) is 12.1 Å². The van der Waals surface area contributed by atoms with Crippen molar-refractivity contribution in [3.8, 4) is 0 Å². The molecule has 0 saturated heterocycles. The SMILES string of the molecule is CC(C)(C)c1ccnc(C2=CCC=C2)c1. The Kier molecular flexibility index (Phi) is 2.47. The van der Waals surface area contributed by atoms with Gasteiger partial charge in [-0.2, -0.15) is 0 Å². The predicted molar refractivity (Wildman–Crippen MR) is 64.7 cm³/mol. The average molecular weight is 199 g/mol. The van der Waals surface area contributed by atoms with Crippen LogP contribution in [0.1, 0.15) is 38.4 Å². The van der Waals surface area contributed by atoms with Crippen LogP contribution >= 0.6 is 0 Å². The highest BCUT2D eigenvalue weighted by Gasteiger charge is 2.14. The Morgan fingerprint density at radius 3 is 2.67 bits per heavy atom. The second kappa shape index (κ2) is 3.65. The fraction of sp³-hybridized carbons (Fsp3) is 0.357. The first-order valence-electron chi connectivity index (χ1n) is 5.41. The fourth-order valence-corrected chi connectivity index (χ4v) is 1.70. The summed E-state index contributed by atoms with van der Waals surface area (Å²) < 4.78 is 0. The predicted octanol–water partition coefficient (Wildman–Crippen LogP) is 3.72. The molecule has 0 saturated carbocycles. The lowest BCUT2D eigenvalue weighted by molar-refractivity contribution is 0.589. The first-order chi connectivity index (χ1) is 7.07. The van der Waals surface area contributed by atoms with Crippen molar-refractivity contribution in [3.63, 3.8) is 0 Å². The Hall–Kier alpha value is -1.37. The maximum Gasteiger partial charge on any atom is 0.0701 e. The van der Waals surface area contributed by atoms with Crippen LogP contribution in [0.15, 0.2) is 36.6 Å². The number of hydrogen-bond acceptors (Lipinski definition) is 1. The van der Waals surface area contributed by atoms with Gasteiger partial charge in [-0.1, -0.05) is 39.0 Å². The van der Waals surface area contributed by atoms with Crippen molar-refractivity contribution >= 4 is 5.57 Å². The summed E-state index contributed by atoms with van der Waals surface area (Å²) in [6.45, 7) is 6.68. The van der Waals surface area contributed by atoms with E-state index in [2.05, 4.69) is 56.1 Å². The largest absolute Gasteiger partial charge is 0.256 e. The minimum absolute atomic E-state index is 0.195. The van der Waals surface area contributed by atoms with Gasteiger partial charge in [-0.25, -0.2) is 0 Å². The van der Waals surface area contributed by atoms with E-state index >= 15 is 0 Å². The van der Waals surface area contributed by atoms with E-state index in [1.807, 2.05) is 6.20 Å². The molecule has 1 heterocycles. The van der Waals surface area contributed by atoms with Crippen LogP contribution in [-0.4, -0.2) is 4.98 Å². The minimum Gasteiger partial charge on any atom is -0.256 e. The highest BCUT2D eigenvalue weighted by molar-refractivity contribution is 5.74. The summed E-state index contributed by atoms with van der Waals surface area (Å²) in [4.78, 5) is 4.42. The van der Waals surface area contributed by atoms with Gasteiger partial charge >= 0.3 is 0 Å². The van der Waals surface area contributed by atoms with Crippen LogP contribution in [0.3, 0.4) is 0 Å². The summed E-state index contributed by atoms with van der Waals surface area (Å²) >= 11 is 0. The van der Waals surface area contributed by atoms with Gasteiger partial charge in [0.2, 0.25) is 0 Å². The van der Waals surface area contributed by atoms with Crippen LogP contribution in [0.25, 0.3) is 5.57 Å². The Morgan fingerprint density at radius 1 is 1.27 bits per heavy atom. The molecule has 0 unspecified atom stereocenters. The third-order valence-corrected chi connectivity index (χ3v) is 2.69. The van der Waals surface area contributed by atoms with Gasteiger partial charge < -0.3 is 0 Å². The highest BCUT2D eigenvalue weighted by Crippen LogP contribution is 2.26. The molecule has 0 radical (unpaired) electrons. The number of nitrogens with zero attached hydrogens (tertiary/aromatic N) is 1. The summed E-state index contributed by atoms with van der Waals surface area (Å²) in [5.41, 5.74) is 3.88. The molecule has 15 heavy (non-hydrogen) atoms. The zero-order chi connectivity index (χ0) is 10.9. The molecule has 0 spiro atoms. The van der Waals surface area contributed by atoms with E-state index in [9.17, 15) is 0 Å². The highest BCUT2D eigenvalue weighted by atomic mass is 14.7. The average Bonchev–Trinajstić information content (AvgIpc) is 2.69. The molecule has 1 nitrogen and oxygen atoms in total. The Bertz CT molecular complexity index is 419. The summed E-state index contributed by atoms with van der Waals surface area (Å²) in [6.07, 6.45) is 9.48. The van der Waals surface area contributed by atoms with Crippen LogP contribution in [0.2, 0.25) is 0 Å². The molecule has 0 aliphatic heterocycles. The number of rotatable bonds is 1. The summed E-state index contributed by atoms with van der Waals surface area (Å²) in [5.74, 6) is 0. The molecule has 0 amide bonds. The van der Waals surface area contributed by atoms with Gasteiger partial charge in [0.25, 0.3) is 0 Å². The van der Waals surface area contributed by atoms with Gasteiger partial charge in [-0.05, 0) is 35.1 Å². The standard InChI is InChI=1S/C14H17N/c1-14(2,3)12-8-9-15-13(10-12)11-6-4-5-7-11/h4,6-10H,5H2,1-3H3. The van der Waals surface area contributed by atoms with Crippen molar-refractivity contribution in [2.75, 3.05) is 0 Å². The quantitative estimate of drug-likeness (QED) is 0.671. The minimum atomic E-state index is 0.195. The van der Waals surface area contributed by atoms with Crippen LogP contribution in [0, 0.1) is 0 Å². The van der Waals surface area contributed by atoms with E-state index in [1.54, 1.807) is 0 Å². The first-order valence-corrected chi connectivity index (χ1v) is 5.41. The number of pyridine rings is 1. The van der Waals surface area contributed by atoms with E-state index in [0.29, 0.717) is 0 Å². The van der Waals surface area contributed by atoms with Crippen molar-refractivity contribution < 1.29 is 0 Å². The molecule has 0 atom stereocenters. The lowest BCUT2D eigenvalue weighted by Crippen LogP contribution is -2.11. The molecular formula is C14H17N. The molecule has 78 valence electrons. The van der Waals surface area contributed by atoms with Crippen molar-refractivity contribution in [2.24, 2.45) is 0 Å². The van der Waals surface area contributed by atoms with Crippen molar-refractivity contribution in [1.82, 2.24) is 4.98 Å². The van der Waals surface area contributed by atoms with Gasteiger partial charge in [0, 0.05) is 6.20 Å². The number of aromatic nitrogens is 1. The van der Waals surface area contributed by atoms with Crippen molar-refractivity contribution in [3.05, 3.63) is 47.8 Å². The van der Waals surface area contributed by atoms with Crippen LogP contribution in [-0.2, 0) is 5.41 Å². The molecule has 1 aliphatic rings. The number of allylic oxidation sites excluding steroid dienone is 4. The molecule has 2 rings (SSSR count). The van der Waals surface area contributed by atoms with Gasteiger partial charge in [0.15, 0.2) is 0 Å². The summed E-state index contributed by atoms with van der Waals surface area (Å²) in [6, 6.07) is 4.30. The smallest absolute Gasteiger partial charge is 0.0701 e. The fourth-order valence-electron chi connectivity index (χ4n) is 1.70.